The highest BCUT2D eigenvalue weighted by Crippen LogP contribution is 2.35. The Morgan fingerprint density at radius 2 is 1.54 bits per heavy atom. The van der Waals surface area contributed by atoms with E-state index >= 15 is 0 Å². The third kappa shape index (κ3) is 7.44. The summed E-state index contributed by atoms with van der Waals surface area (Å²) in [6, 6.07) is 19.3. The van der Waals surface area contributed by atoms with Crippen LogP contribution in [0.15, 0.2) is 65.5 Å². The maximum Gasteiger partial charge on any atom is 0.407 e. The highest BCUT2D eigenvalue weighted by atomic mass is 35.5. The Hall–Kier alpha value is -5.07. The maximum absolute atomic E-state index is 14.3. The second-order valence-corrected chi connectivity index (χ2v) is 14.0. The average Bonchev–Trinajstić information content (AvgIpc) is 3.12. The van der Waals surface area contributed by atoms with Crippen molar-refractivity contribution in [2.75, 3.05) is 43.7 Å². The third-order valence-electron chi connectivity index (χ3n) is 9.28. The number of benzene rings is 2. The molecule has 1 aliphatic heterocycles. The molecule has 0 radical (unpaired) electrons. The zero-order valence-corrected chi connectivity index (χ0v) is 31.4. The van der Waals surface area contributed by atoms with Crippen molar-refractivity contribution >= 4 is 52.0 Å². The van der Waals surface area contributed by atoms with E-state index in [2.05, 4.69) is 14.9 Å². The van der Waals surface area contributed by atoms with E-state index in [1.165, 1.54) is 9.47 Å². The summed E-state index contributed by atoms with van der Waals surface area (Å²) in [6.07, 6.45) is -0.990. The van der Waals surface area contributed by atoms with E-state index in [1.54, 1.807) is 20.3 Å². The molecule has 5 aromatic rings. The minimum absolute atomic E-state index is 0.0432. The molecule has 0 spiro atoms. The largest absolute Gasteiger partial charge is 0.497 e. The van der Waals surface area contributed by atoms with Crippen molar-refractivity contribution in [3.63, 3.8) is 0 Å². The lowest BCUT2D eigenvalue weighted by molar-refractivity contribution is 0.136. The summed E-state index contributed by atoms with van der Waals surface area (Å²) in [6.45, 7) is 9.86. The number of nitrogens with zero attached hydrogens (tertiary/aromatic N) is 7. The van der Waals surface area contributed by atoms with Crippen LogP contribution in [0.1, 0.15) is 49.1 Å². The Labute approximate surface area is 312 Å². The fraction of sp³-hybridized carbons (Fsp3) is 0.342. The number of methoxy groups -OCH3 is 2. The number of carboxylic acid groups (broad SMARTS) is 1. The van der Waals surface area contributed by atoms with Crippen molar-refractivity contribution in [2.24, 2.45) is 0 Å². The normalized spacial score (nSPS) is 14.6. The van der Waals surface area contributed by atoms with Gasteiger partial charge in [0.25, 0.3) is 0 Å². The number of carbonyl (C=O) groups is 1. The van der Waals surface area contributed by atoms with E-state index in [1.807, 2.05) is 87.2 Å². The van der Waals surface area contributed by atoms with E-state index < -0.39 is 11.8 Å². The first-order valence-electron chi connectivity index (χ1n) is 16.9. The number of rotatable bonds is 10. The number of hydrogen-bond donors (Lipinski definition) is 1. The van der Waals surface area contributed by atoms with Crippen LogP contribution in [0.2, 0.25) is 10.2 Å². The first kappa shape index (κ1) is 36.7. The number of piperazine rings is 1. The number of pyridine rings is 2. The number of ether oxygens (including phenoxy) is 2. The molecule has 0 aliphatic carbocycles. The molecule has 52 heavy (non-hydrogen) atoms. The quantitative estimate of drug-likeness (QED) is 0.145. The lowest BCUT2D eigenvalue weighted by atomic mass is 10.0. The molecule has 1 amide bonds. The maximum atomic E-state index is 14.3. The Kier molecular flexibility index (Phi) is 10.8. The van der Waals surface area contributed by atoms with E-state index in [9.17, 15) is 14.7 Å². The Morgan fingerprint density at radius 1 is 0.942 bits per heavy atom. The van der Waals surface area contributed by atoms with Gasteiger partial charge in [-0.25, -0.2) is 24.1 Å². The zero-order valence-electron chi connectivity index (χ0n) is 29.9. The number of aryl methyl sites for hydroxylation is 1. The minimum atomic E-state index is -0.990. The lowest BCUT2D eigenvalue weighted by Crippen LogP contribution is -2.54. The van der Waals surface area contributed by atoms with E-state index in [4.69, 9.17) is 37.7 Å². The number of hydrogen-bond acceptors (Lipinski definition) is 9. The Balaban J connectivity index is 1.49. The van der Waals surface area contributed by atoms with Gasteiger partial charge in [0.1, 0.15) is 28.3 Å². The molecular weight excluding hydrogens is 705 g/mol. The summed E-state index contributed by atoms with van der Waals surface area (Å²) in [5, 5.41) is 10.3. The monoisotopic (exact) mass is 745 g/mol. The van der Waals surface area contributed by atoms with Crippen molar-refractivity contribution < 1.29 is 19.4 Å². The molecule has 1 N–H and O–H groups in total. The van der Waals surface area contributed by atoms with Crippen LogP contribution in [0.4, 0.5) is 16.4 Å². The molecule has 6 rings (SSSR count). The fourth-order valence-corrected chi connectivity index (χ4v) is 6.88. The van der Waals surface area contributed by atoms with E-state index in [0.29, 0.717) is 42.2 Å². The predicted molar refractivity (Wildman–Crippen MR) is 204 cm³/mol. The molecule has 1 atom stereocenters. The highest BCUT2D eigenvalue weighted by Gasteiger charge is 2.31. The molecule has 14 heteroatoms. The van der Waals surface area contributed by atoms with Crippen molar-refractivity contribution in [1.82, 2.24) is 24.4 Å². The van der Waals surface area contributed by atoms with Gasteiger partial charge in [0, 0.05) is 38.8 Å². The minimum Gasteiger partial charge on any atom is -0.497 e. The van der Waals surface area contributed by atoms with Gasteiger partial charge >= 0.3 is 11.8 Å². The molecule has 272 valence electrons. The van der Waals surface area contributed by atoms with Gasteiger partial charge in [0.05, 0.1) is 36.0 Å². The fourth-order valence-electron chi connectivity index (χ4n) is 6.60. The van der Waals surface area contributed by atoms with Crippen LogP contribution in [0.25, 0.3) is 16.7 Å². The molecule has 12 nitrogen and oxygen atoms in total. The summed E-state index contributed by atoms with van der Waals surface area (Å²) < 4.78 is 12.2. The highest BCUT2D eigenvalue weighted by molar-refractivity contribution is 6.41. The van der Waals surface area contributed by atoms with Gasteiger partial charge in [0.2, 0.25) is 0 Å². The molecule has 1 fully saturated rings. The molecule has 0 bridgehead atoms. The van der Waals surface area contributed by atoms with Crippen LogP contribution in [0.5, 0.6) is 11.5 Å². The topological polar surface area (TPSA) is 126 Å². The predicted octanol–water partition coefficient (Wildman–Crippen LogP) is 7.33. The summed E-state index contributed by atoms with van der Waals surface area (Å²) in [7, 11) is 3.29. The summed E-state index contributed by atoms with van der Waals surface area (Å²) in [5.41, 5.74) is 3.90. The number of anilines is 2. The lowest BCUT2D eigenvalue weighted by Gasteiger charge is -2.39. The van der Waals surface area contributed by atoms with E-state index in [-0.39, 0.29) is 40.9 Å². The zero-order chi connectivity index (χ0) is 37.3. The molecule has 1 saturated heterocycles. The van der Waals surface area contributed by atoms with E-state index in [0.717, 1.165) is 34.0 Å². The summed E-state index contributed by atoms with van der Waals surface area (Å²) in [4.78, 5) is 45.9. The molecule has 0 unspecified atom stereocenters. The van der Waals surface area contributed by atoms with Crippen LogP contribution in [-0.4, -0.2) is 75.5 Å². The van der Waals surface area contributed by atoms with Crippen LogP contribution < -0.4 is 25.0 Å². The molecule has 4 heterocycles. The van der Waals surface area contributed by atoms with Crippen molar-refractivity contribution in [1.29, 1.82) is 0 Å². The van der Waals surface area contributed by atoms with Gasteiger partial charge in [-0.15, -0.1) is 0 Å². The molecule has 2 aromatic carbocycles. The van der Waals surface area contributed by atoms with Crippen molar-refractivity contribution in [2.45, 2.75) is 52.7 Å². The first-order valence-corrected chi connectivity index (χ1v) is 17.7. The molecule has 3 aromatic heterocycles. The van der Waals surface area contributed by atoms with Crippen LogP contribution in [0, 0.1) is 6.92 Å². The number of fused-ring (bicyclic) bond motifs is 1. The van der Waals surface area contributed by atoms with Gasteiger partial charge in [-0.3, -0.25) is 0 Å². The molecular formula is C38H41Cl2N7O5. The van der Waals surface area contributed by atoms with Gasteiger partial charge in [-0.05, 0) is 72.9 Å². The molecule has 1 aliphatic rings. The third-order valence-corrected chi connectivity index (χ3v) is 9.96. The van der Waals surface area contributed by atoms with Crippen molar-refractivity contribution in [3.8, 4) is 17.2 Å². The van der Waals surface area contributed by atoms with Gasteiger partial charge < -0.3 is 29.3 Å². The van der Waals surface area contributed by atoms with Gasteiger partial charge in [-0.2, -0.15) is 4.98 Å². The number of amides is 1. The Morgan fingerprint density at radius 3 is 2.06 bits per heavy atom. The first-order chi connectivity index (χ1) is 24.9. The second-order valence-electron chi connectivity index (χ2n) is 13.2. The SMILES string of the molecule is COc1ccc(CN(Cc2ccc(OC)cc2)c2cc(C)c(-n3c(=O)nc(N4CCN(C(=O)O)C[C@@H]4C)c4cc(Cl)c(Cl)nc43)c(C(C)C)n2)cc1. The summed E-state index contributed by atoms with van der Waals surface area (Å²) >= 11 is 13.0. The number of halogens is 2. The van der Waals surface area contributed by atoms with Crippen LogP contribution in [-0.2, 0) is 13.1 Å². The van der Waals surface area contributed by atoms with Crippen LogP contribution in [0.3, 0.4) is 0 Å². The summed E-state index contributed by atoms with van der Waals surface area (Å²) in [5.74, 6) is 2.55. The average molecular weight is 747 g/mol. The van der Waals surface area contributed by atoms with Gasteiger partial charge in [0.15, 0.2) is 5.65 Å². The van der Waals surface area contributed by atoms with Gasteiger partial charge in [-0.1, -0.05) is 61.3 Å². The molecule has 0 saturated carbocycles. The Bertz CT molecular complexity index is 2110. The second kappa shape index (κ2) is 15.3. The standard InChI is InChI=1S/C38H41Cl2N7O5/c1-22(2)32-33(47-36-29(18-30(39)34(40)42-36)35(43-37(47)48)46-16-15-44(38(49)50)19-24(46)4)23(3)17-31(41-32)45(20-25-7-11-27(51-5)12-8-25)21-26-9-13-28(52-6)14-10-26/h7-14,17-18,22,24H,15-16,19-21H2,1-6H3,(H,49,50)/t24-/m0/s1. The van der Waals surface area contributed by atoms with Crippen LogP contribution >= 0.6 is 23.2 Å². The number of aromatic nitrogens is 4. The van der Waals surface area contributed by atoms with Crippen molar-refractivity contribution in [3.05, 3.63) is 104 Å². The smallest absolute Gasteiger partial charge is 0.407 e.